The van der Waals surface area contributed by atoms with E-state index in [1.807, 2.05) is 0 Å². The van der Waals surface area contributed by atoms with E-state index in [2.05, 4.69) is 4.98 Å². The Morgan fingerprint density at radius 2 is 2.27 bits per heavy atom. The summed E-state index contributed by atoms with van der Waals surface area (Å²) in [5, 5.41) is 10.6. The van der Waals surface area contributed by atoms with Gasteiger partial charge in [0.15, 0.2) is 0 Å². The fourth-order valence-electron chi connectivity index (χ4n) is 1.04. The molecule has 0 spiro atoms. The van der Waals surface area contributed by atoms with Crippen molar-refractivity contribution in [3.63, 3.8) is 0 Å². The largest absolute Gasteiger partial charge is 0.301 e. The molecule has 0 fully saturated rings. The maximum atomic E-state index is 12.6. The molecule has 1 heterocycles. The van der Waals surface area contributed by atoms with E-state index in [0.717, 1.165) is 6.20 Å². The van der Waals surface area contributed by atoms with Gasteiger partial charge in [0.25, 0.3) is 6.43 Å². The number of hydrogen-bond donors (Lipinski definition) is 0. The molecular formula is C7H4ClF2IN2O2. The van der Waals surface area contributed by atoms with E-state index >= 15 is 0 Å². The Morgan fingerprint density at radius 1 is 1.67 bits per heavy atom. The summed E-state index contributed by atoms with van der Waals surface area (Å²) in [4.78, 5) is 13.4. The summed E-state index contributed by atoms with van der Waals surface area (Å²) in [7, 11) is 0. The number of halogens is 4. The highest BCUT2D eigenvalue weighted by Crippen LogP contribution is 2.34. The van der Waals surface area contributed by atoms with Crippen LogP contribution in [-0.2, 0) is 5.88 Å². The first-order valence-electron chi connectivity index (χ1n) is 3.64. The minimum Gasteiger partial charge on any atom is -0.258 e. The molecule has 0 unspecified atom stereocenters. The lowest BCUT2D eigenvalue weighted by Crippen LogP contribution is -2.04. The second kappa shape index (κ2) is 4.97. The Kier molecular flexibility index (Phi) is 4.14. The van der Waals surface area contributed by atoms with Crippen molar-refractivity contribution in [3.8, 4) is 0 Å². The minimum absolute atomic E-state index is 0.0585. The quantitative estimate of drug-likeness (QED) is 0.365. The third kappa shape index (κ3) is 2.51. The normalized spacial score (nSPS) is 10.7. The number of alkyl halides is 3. The molecule has 0 N–H and O–H groups in total. The van der Waals surface area contributed by atoms with Gasteiger partial charge < -0.3 is 0 Å². The van der Waals surface area contributed by atoms with Crippen LogP contribution in [0.15, 0.2) is 6.20 Å². The van der Waals surface area contributed by atoms with Crippen LogP contribution in [0.1, 0.15) is 17.7 Å². The average Bonchev–Trinajstić information content (AvgIpc) is 2.16. The van der Waals surface area contributed by atoms with Crippen LogP contribution in [0.5, 0.6) is 0 Å². The van der Waals surface area contributed by atoms with Crippen LogP contribution in [0, 0.1) is 13.7 Å². The maximum Gasteiger partial charge on any atom is 0.301 e. The molecule has 82 valence electrons. The number of pyridine rings is 1. The first kappa shape index (κ1) is 12.5. The van der Waals surface area contributed by atoms with Crippen LogP contribution < -0.4 is 0 Å². The molecule has 0 saturated heterocycles. The van der Waals surface area contributed by atoms with Gasteiger partial charge in [0.2, 0.25) is 0 Å². The summed E-state index contributed by atoms with van der Waals surface area (Å²) < 4.78 is 25.2. The van der Waals surface area contributed by atoms with Crippen LogP contribution in [-0.4, -0.2) is 9.91 Å². The van der Waals surface area contributed by atoms with Crippen LogP contribution >= 0.6 is 34.2 Å². The zero-order valence-corrected chi connectivity index (χ0v) is 10.00. The van der Waals surface area contributed by atoms with Crippen molar-refractivity contribution in [3.05, 3.63) is 31.1 Å². The van der Waals surface area contributed by atoms with Gasteiger partial charge in [-0.15, -0.1) is 11.6 Å². The van der Waals surface area contributed by atoms with Crippen molar-refractivity contribution in [2.75, 3.05) is 0 Å². The van der Waals surface area contributed by atoms with Gasteiger partial charge in [-0.1, -0.05) is 0 Å². The maximum absolute atomic E-state index is 12.6. The van der Waals surface area contributed by atoms with Gasteiger partial charge in [-0.05, 0) is 22.6 Å². The van der Waals surface area contributed by atoms with Crippen molar-refractivity contribution in [2.24, 2.45) is 0 Å². The predicted octanol–water partition coefficient (Wildman–Crippen LogP) is 3.27. The smallest absolute Gasteiger partial charge is 0.258 e. The highest BCUT2D eigenvalue weighted by molar-refractivity contribution is 14.1. The van der Waals surface area contributed by atoms with E-state index in [1.165, 1.54) is 0 Å². The average molecular weight is 348 g/mol. The lowest BCUT2D eigenvalue weighted by atomic mass is 10.2. The number of nitrogens with zero attached hydrogens (tertiary/aromatic N) is 2. The second-order valence-corrected chi connectivity index (χ2v) is 3.94. The Labute approximate surface area is 102 Å². The van der Waals surface area contributed by atoms with Gasteiger partial charge in [-0.3, -0.25) is 15.1 Å². The van der Waals surface area contributed by atoms with Gasteiger partial charge in [0.05, 0.1) is 10.8 Å². The molecule has 0 amide bonds. The molecule has 1 rings (SSSR count). The topological polar surface area (TPSA) is 56.0 Å². The molecule has 1 aromatic rings. The van der Waals surface area contributed by atoms with Crippen molar-refractivity contribution < 1.29 is 13.7 Å². The zero-order chi connectivity index (χ0) is 11.6. The van der Waals surface area contributed by atoms with Gasteiger partial charge >= 0.3 is 5.69 Å². The Hall–Kier alpha value is -0.570. The third-order valence-corrected chi connectivity index (χ3v) is 2.76. The van der Waals surface area contributed by atoms with Crippen LogP contribution in [0.3, 0.4) is 0 Å². The Balaban J connectivity index is 3.51. The summed E-state index contributed by atoms with van der Waals surface area (Å²) in [6.07, 6.45) is -1.77. The molecule has 4 nitrogen and oxygen atoms in total. The molecule has 1 aromatic heterocycles. The molecule has 0 radical (unpaired) electrons. The van der Waals surface area contributed by atoms with E-state index in [4.69, 9.17) is 11.6 Å². The van der Waals surface area contributed by atoms with E-state index < -0.39 is 22.6 Å². The van der Waals surface area contributed by atoms with Gasteiger partial charge in [-0.25, -0.2) is 8.78 Å². The zero-order valence-electron chi connectivity index (χ0n) is 7.08. The Morgan fingerprint density at radius 3 is 2.67 bits per heavy atom. The molecule has 0 saturated carbocycles. The van der Waals surface area contributed by atoms with E-state index in [9.17, 15) is 18.9 Å². The molecule has 0 aliphatic rings. The fraction of sp³-hybridized carbons (Fsp3) is 0.286. The lowest BCUT2D eigenvalue weighted by molar-refractivity contribution is -0.387. The van der Waals surface area contributed by atoms with Crippen molar-refractivity contribution in [1.82, 2.24) is 4.98 Å². The summed E-state index contributed by atoms with van der Waals surface area (Å²) in [6.45, 7) is 0. The van der Waals surface area contributed by atoms with Crippen molar-refractivity contribution >= 4 is 39.9 Å². The highest BCUT2D eigenvalue weighted by atomic mass is 127. The summed E-state index contributed by atoms with van der Waals surface area (Å²) >= 11 is 6.97. The minimum atomic E-state index is -2.91. The number of nitro groups is 1. The Bertz CT molecular complexity index is 403. The lowest BCUT2D eigenvalue weighted by Gasteiger charge is -2.06. The van der Waals surface area contributed by atoms with Gasteiger partial charge in [-0.2, -0.15) is 0 Å². The third-order valence-electron chi connectivity index (χ3n) is 1.65. The van der Waals surface area contributed by atoms with Crippen molar-refractivity contribution in [2.45, 2.75) is 12.3 Å². The SMILES string of the molecule is O=[N+]([O-])c1c(CCl)ncc(I)c1C(F)F. The van der Waals surface area contributed by atoms with Crippen LogP contribution in [0.25, 0.3) is 0 Å². The molecule has 8 heteroatoms. The van der Waals surface area contributed by atoms with Crippen LogP contribution in [0.4, 0.5) is 14.5 Å². The summed E-state index contributed by atoms with van der Waals surface area (Å²) in [5.74, 6) is -0.271. The number of rotatable bonds is 3. The standard InChI is InChI=1S/C7H4ClF2IN2O2/c8-1-4-6(13(14)15)5(7(9)10)3(11)2-12-4/h2,7H,1H2. The predicted molar refractivity (Wildman–Crippen MR) is 58.1 cm³/mol. The molecule has 0 bridgehead atoms. The van der Waals surface area contributed by atoms with E-state index in [1.54, 1.807) is 22.6 Å². The summed E-state index contributed by atoms with van der Waals surface area (Å²) in [6, 6.07) is 0. The monoisotopic (exact) mass is 348 g/mol. The molecule has 15 heavy (non-hydrogen) atoms. The van der Waals surface area contributed by atoms with E-state index in [-0.39, 0.29) is 15.1 Å². The number of hydrogen-bond acceptors (Lipinski definition) is 3. The van der Waals surface area contributed by atoms with E-state index in [0.29, 0.717) is 0 Å². The molecule has 0 atom stereocenters. The molecular weight excluding hydrogens is 344 g/mol. The molecule has 0 aromatic carbocycles. The highest BCUT2D eigenvalue weighted by Gasteiger charge is 2.29. The first-order valence-corrected chi connectivity index (χ1v) is 5.26. The molecule has 0 aliphatic carbocycles. The first-order chi connectivity index (χ1) is 6.99. The van der Waals surface area contributed by atoms with Crippen LogP contribution in [0.2, 0.25) is 0 Å². The number of aromatic nitrogens is 1. The molecule has 0 aliphatic heterocycles. The fourth-order valence-corrected chi connectivity index (χ4v) is 1.87. The van der Waals surface area contributed by atoms with Gasteiger partial charge in [0.1, 0.15) is 11.3 Å². The second-order valence-electron chi connectivity index (χ2n) is 2.51. The summed E-state index contributed by atoms with van der Waals surface area (Å²) in [5.41, 5.74) is -1.45. The van der Waals surface area contributed by atoms with Crippen molar-refractivity contribution in [1.29, 1.82) is 0 Å². The van der Waals surface area contributed by atoms with Gasteiger partial charge in [0, 0.05) is 9.77 Å².